The van der Waals surface area contributed by atoms with Crippen LogP contribution >= 0.6 is 0 Å². The Balaban J connectivity index is 1.71. The van der Waals surface area contributed by atoms with Crippen molar-refractivity contribution in [2.45, 2.75) is 52.0 Å². The van der Waals surface area contributed by atoms with Crippen molar-refractivity contribution in [2.75, 3.05) is 19.8 Å². The second-order valence-corrected chi connectivity index (χ2v) is 7.34. The van der Waals surface area contributed by atoms with Gasteiger partial charge in [-0.25, -0.2) is 9.50 Å². The van der Waals surface area contributed by atoms with E-state index in [1.165, 1.54) is 4.52 Å². The average molecular weight is 358 g/mol. The number of likely N-dealkylation sites (tertiary alicyclic amines) is 1. The van der Waals surface area contributed by atoms with Crippen LogP contribution in [0.4, 0.5) is 0 Å². The fourth-order valence-corrected chi connectivity index (χ4v) is 4.25. The van der Waals surface area contributed by atoms with Gasteiger partial charge < -0.3 is 9.64 Å². The number of nitrogens with one attached hydrogen (secondary N) is 1. The highest BCUT2D eigenvalue weighted by Gasteiger charge is 2.35. The van der Waals surface area contributed by atoms with Crippen molar-refractivity contribution >= 4 is 11.6 Å². The number of aromatic amines is 1. The van der Waals surface area contributed by atoms with E-state index in [1.807, 2.05) is 24.8 Å². The number of H-pyrrole nitrogens is 1. The number of carbonyl (C=O) groups excluding carboxylic acids is 1. The molecule has 0 saturated carbocycles. The van der Waals surface area contributed by atoms with E-state index in [2.05, 4.69) is 10.1 Å². The SMILES string of the molecule is CCc1c(C)nc2cc([C@@H]3CCCCN3C(=O)[C@H]3CCOC3)[nH]n2c1=O. The summed E-state index contributed by atoms with van der Waals surface area (Å²) in [6.45, 7) is 5.79. The summed E-state index contributed by atoms with van der Waals surface area (Å²) in [4.78, 5) is 32.2. The van der Waals surface area contributed by atoms with Gasteiger partial charge >= 0.3 is 0 Å². The Morgan fingerprint density at radius 2 is 2.23 bits per heavy atom. The summed E-state index contributed by atoms with van der Waals surface area (Å²) in [6, 6.07) is 1.90. The molecule has 2 saturated heterocycles. The summed E-state index contributed by atoms with van der Waals surface area (Å²) >= 11 is 0. The number of hydrogen-bond donors (Lipinski definition) is 1. The van der Waals surface area contributed by atoms with E-state index >= 15 is 0 Å². The second kappa shape index (κ2) is 6.87. The second-order valence-electron chi connectivity index (χ2n) is 7.34. The molecule has 1 N–H and O–H groups in total. The van der Waals surface area contributed by atoms with Crippen LogP contribution in [0.5, 0.6) is 0 Å². The highest BCUT2D eigenvalue weighted by atomic mass is 16.5. The van der Waals surface area contributed by atoms with Crippen LogP contribution in [0.15, 0.2) is 10.9 Å². The van der Waals surface area contributed by atoms with Gasteiger partial charge in [0.2, 0.25) is 5.91 Å². The smallest absolute Gasteiger partial charge is 0.276 e. The molecule has 0 radical (unpaired) electrons. The van der Waals surface area contributed by atoms with E-state index in [0.717, 1.165) is 49.2 Å². The van der Waals surface area contributed by atoms with Gasteiger partial charge in [-0.15, -0.1) is 0 Å². The summed E-state index contributed by atoms with van der Waals surface area (Å²) in [5.41, 5.74) is 2.99. The van der Waals surface area contributed by atoms with Crippen molar-refractivity contribution in [1.82, 2.24) is 19.5 Å². The van der Waals surface area contributed by atoms with E-state index in [9.17, 15) is 9.59 Å². The molecule has 140 valence electrons. The number of carbonyl (C=O) groups is 1. The first kappa shape index (κ1) is 17.3. The molecule has 2 fully saturated rings. The van der Waals surface area contributed by atoms with Gasteiger partial charge in [0.1, 0.15) is 0 Å². The van der Waals surface area contributed by atoms with E-state index in [4.69, 9.17) is 4.74 Å². The molecule has 4 rings (SSSR count). The Kier molecular flexibility index (Phi) is 4.56. The fourth-order valence-electron chi connectivity index (χ4n) is 4.25. The minimum atomic E-state index is -0.0425. The number of fused-ring (bicyclic) bond motifs is 1. The lowest BCUT2D eigenvalue weighted by Gasteiger charge is -2.36. The number of nitrogens with zero attached hydrogens (tertiary/aromatic N) is 3. The maximum Gasteiger partial charge on any atom is 0.276 e. The van der Waals surface area contributed by atoms with Gasteiger partial charge in [-0.05, 0) is 39.0 Å². The number of piperidine rings is 1. The Bertz CT molecular complexity index is 879. The molecule has 0 spiro atoms. The third kappa shape index (κ3) is 2.84. The third-order valence-corrected chi connectivity index (χ3v) is 5.71. The molecule has 2 atom stereocenters. The highest BCUT2D eigenvalue weighted by molar-refractivity contribution is 5.79. The van der Waals surface area contributed by atoms with Gasteiger partial charge in [-0.1, -0.05) is 6.92 Å². The molecule has 2 aromatic heterocycles. The first-order valence-corrected chi connectivity index (χ1v) is 9.59. The molecular formula is C19H26N4O3. The molecule has 7 heteroatoms. The summed E-state index contributed by atoms with van der Waals surface area (Å²) in [5, 5.41) is 3.23. The molecule has 1 amide bonds. The van der Waals surface area contributed by atoms with Crippen molar-refractivity contribution in [2.24, 2.45) is 5.92 Å². The van der Waals surface area contributed by atoms with Gasteiger partial charge in [0.25, 0.3) is 5.56 Å². The van der Waals surface area contributed by atoms with Crippen molar-refractivity contribution < 1.29 is 9.53 Å². The van der Waals surface area contributed by atoms with E-state index in [1.54, 1.807) is 0 Å². The summed E-state index contributed by atoms with van der Waals surface area (Å²) in [7, 11) is 0. The minimum absolute atomic E-state index is 0.0247. The fraction of sp³-hybridized carbons (Fsp3) is 0.632. The number of aryl methyl sites for hydroxylation is 1. The van der Waals surface area contributed by atoms with Gasteiger partial charge in [-0.2, -0.15) is 0 Å². The predicted octanol–water partition coefficient (Wildman–Crippen LogP) is 1.98. The zero-order valence-corrected chi connectivity index (χ0v) is 15.5. The number of aromatic nitrogens is 3. The van der Waals surface area contributed by atoms with Crippen LogP contribution in [0.25, 0.3) is 5.65 Å². The van der Waals surface area contributed by atoms with Crippen LogP contribution in [0.2, 0.25) is 0 Å². The van der Waals surface area contributed by atoms with Crippen LogP contribution in [-0.4, -0.2) is 45.2 Å². The maximum atomic E-state index is 13.0. The standard InChI is InChI=1S/C19H26N4O3/c1-3-14-12(2)20-17-10-15(21-23(17)19(14)25)16-6-4-5-8-22(16)18(24)13-7-9-26-11-13/h10,13,16,21H,3-9,11H2,1-2H3/t13-,16-/m0/s1. The molecule has 2 aliphatic heterocycles. The third-order valence-electron chi connectivity index (χ3n) is 5.71. The maximum absolute atomic E-state index is 13.0. The first-order chi connectivity index (χ1) is 12.6. The number of rotatable bonds is 3. The zero-order valence-electron chi connectivity index (χ0n) is 15.5. The summed E-state index contributed by atoms with van der Waals surface area (Å²) < 4.78 is 6.93. The lowest BCUT2D eigenvalue weighted by atomic mass is 9.96. The molecule has 2 aromatic rings. The number of hydrogen-bond acceptors (Lipinski definition) is 4. The van der Waals surface area contributed by atoms with Crippen molar-refractivity contribution in [3.05, 3.63) is 33.4 Å². The molecular weight excluding hydrogens is 332 g/mol. The largest absolute Gasteiger partial charge is 0.381 e. The van der Waals surface area contributed by atoms with Crippen LogP contribution in [0.1, 0.15) is 55.6 Å². The van der Waals surface area contributed by atoms with Crippen molar-refractivity contribution in [1.29, 1.82) is 0 Å². The Labute approximate surface area is 152 Å². The van der Waals surface area contributed by atoms with Crippen LogP contribution < -0.4 is 5.56 Å². The minimum Gasteiger partial charge on any atom is -0.381 e. The summed E-state index contributed by atoms with van der Waals surface area (Å²) in [6.07, 6.45) is 4.46. The predicted molar refractivity (Wildman–Crippen MR) is 97.2 cm³/mol. The molecule has 0 bridgehead atoms. The zero-order chi connectivity index (χ0) is 18.3. The van der Waals surface area contributed by atoms with Gasteiger partial charge in [0.15, 0.2) is 5.65 Å². The van der Waals surface area contributed by atoms with Crippen LogP contribution in [0, 0.1) is 12.8 Å². The quantitative estimate of drug-likeness (QED) is 0.910. The molecule has 0 aliphatic carbocycles. The Hall–Kier alpha value is -2.15. The van der Waals surface area contributed by atoms with Crippen LogP contribution in [-0.2, 0) is 16.0 Å². The van der Waals surface area contributed by atoms with Gasteiger partial charge in [0, 0.05) is 30.5 Å². The average Bonchev–Trinajstić information content (AvgIpc) is 3.31. The Morgan fingerprint density at radius 3 is 2.96 bits per heavy atom. The molecule has 0 aromatic carbocycles. The lowest BCUT2D eigenvalue weighted by molar-refractivity contribution is -0.139. The number of amides is 1. The number of ether oxygens (including phenoxy) is 1. The van der Waals surface area contributed by atoms with Gasteiger partial charge in [0.05, 0.1) is 24.3 Å². The lowest BCUT2D eigenvalue weighted by Crippen LogP contribution is -2.42. The normalized spacial score (nSPS) is 23.7. The molecule has 0 unspecified atom stereocenters. The monoisotopic (exact) mass is 358 g/mol. The molecule has 7 nitrogen and oxygen atoms in total. The molecule has 4 heterocycles. The van der Waals surface area contributed by atoms with Gasteiger partial charge in [-0.3, -0.25) is 14.7 Å². The Morgan fingerprint density at radius 1 is 1.38 bits per heavy atom. The van der Waals surface area contributed by atoms with E-state index in [0.29, 0.717) is 25.3 Å². The summed E-state index contributed by atoms with van der Waals surface area (Å²) in [5.74, 6) is 0.145. The van der Waals surface area contributed by atoms with Crippen molar-refractivity contribution in [3.63, 3.8) is 0 Å². The molecule has 26 heavy (non-hydrogen) atoms. The molecule has 2 aliphatic rings. The topological polar surface area (TPSA) is 79.7 Å². The van der Waals surface area contributed by atoms with Crippen molar-refractivity contribution in [3.8, 4) is 0 Å². The van der Waals surface area contributed by atoms with E-state index < -0.39 is 0 Å². The highest BCUT2D eigenvalue weighted by Crippen LogP contribution is 2.32. The first-order valence-electron chi connectivity index (χ1n) is 9.59. The van der Waals surface area contributed by atoms with Crippen LogP contribution in [0.3, 0.4) is 0 Å². The van der Waals surface area contributed by atoms with E-state index in [-0.39, 0.29) is 23.4 Å².